The van der Waals surface area contributed by atoms with Crippen molar-refractivity contribution in [1.82, 2.24) is 4.90 Å². The Balaban J connectivity index is 1.65. The lowest BCUT2D eigenvalue weighted by atomic mass is 9.81. The van der Waals surface area contributed by atoms with Crippen LogP contribution in [-0.4, -0.2) is 50.0 Å². The third-order valence-electron chi connectivity index (χ3n) is 6.15. The summed E-state index contributed by atoms with van der Waals surface area (Å²) in [4.78, 5) is 2.35. The SMILES string of the molecule is COc1ccc(OC)c(CC(O)(c2ccccc2)[C@@H]2CN(Cc3ccccc3)CCO2)c1. The molecule has 3 aromatic rings. The third-order valence-corrected chi connectivity index (χ3v) is 6.15. The van der Waals surface area contributed by atoms with Crippen LogP contribution in [0.15, 0.2) is 78.9 Å². The molecule has 4 rings (SSSR count). The van der Waals surface area contributed by atoms with Gasteiger partial charge >= 0.3 is 0 Å². The summed E-state index contributed by atoms with van der Waals surface area (Å²) in [5, 5.41) is 12.2. The van der Waals surface area contributed by atoms with Gasteiger partial charge in [0.1, 0.15) is 23.2 Å². The minimum Gasteiger partial charge on any atom is -0.497 e. The van der Waals surface area contributed by atoms with Crippen molar-refractivity contribution in [2.45, 2.75) is 24.7 Å². The summed E-state index contributed by atoms with van der Waals surface area (Å²) in [7, 11) is 3.28. The maximum Gasteiger partial charge on any atom is 0.122 e. The first kappa shape index (κ1) is 22.3. The van der Waals surface area contributed by atoms with E-state index in [-0.39, 0.29) is 0 Å². The molecule has 0 aromatic heterocycles. The van der Waals surface area contributed by atoms with E-state index >= 15 is 0 Å². The van der Waals surface area contributed by atoms with Crippen molar-refractivity contribution >= 4 is 0 Å². The van der Waals surface area contributed by atoms with Crippen molar-refractivity contribution in [1.29, 1.82) is 0 Å². The van der Waals surface area contributed by atoms with Crippen LogP contribution in [0.5, 0.6) is 11.5 Å². The summed E-state index contributed by atoms with van der Waals surface area (Å²) in [6, 6.07) is 25.9. The molecule has 1 aliphatic heterocycles. The van der Waals surface area contributed by atoms with Gasteiger partial charge in [0.2, 0.25) is 0 Å². The van der Waals surface area contributed by atoms with Gasteiger partial charge in [0.15, 0.2) is 0 Å². The smallest absolute Gasteiger partial charge is 0.122 e. The van der Waals surface area contributed by atoms with Crippen molar-refractivity contribution in [2.75, 3.05) is 33.9 Å². The summed E-state index contributed by atoms with van der Waals surface area (Å²) in [5.41, 5.74) is 1.74. The maximum atomic E-state index is 12.2. The molecule has 1 saturated heterocycles. The fourth-order valence-electron chi connectivity index (χ4n) is 4.42. The molecular weight excluding hydrogens is 402 g/mol. The quantitative estimate of drug-likeness (QED) is 0.581. The summed E-state index contributed by atoms with van der Waals surface area (Å²) < 4.78 is 17.2. The molecule has 0 radical (unpaired) electrons. The number of methoxy groups -OCH3 is 2. The van der Waals surface area contributed by atoms with Crippen LogP contribution in [0.2, 0.25) is 0 Å². The van der Waals surface area contributed by atoms with Crippen molar-refractivity contribution < 1.29 is 19.3 Å². The monoisotopic (exact) mass is 433 g/mol. The molecule has 32 heavy (non-hydrogen) atoms. The topological polar surface area (TPSA) is 51.2 Å². The average Bonchev–Trinajstić information content (AvgIpc) is 2.85. The molecule has 3 aromatic carbocycles. The molecule has 1 fully saturated rings. The van der Waals surface area contributed by atoms with Gasteiger partial charge in [-0.15, -0.1) is 0 Å². The molecule has 0 bridgehead atoms. The van der Waals surface area contributed by atoms with E-state index < -0.39 is 11.7 Å². The highest BCUT2D eigenvalue weighted by molar-refractivity contribution is 5.42. The zero-order valence-electron chi connectivity index (χ0n) is 18.7. The Kier molecular flexibility index (Phi) is 7.10. The molecule has 2 atom stereocenters. The molecule has 1 aliphatic rings. The summed E-state index contributed by atoms with van der Waals surface area (Å²) in [6.07, 6.45) is -0.0420. The van der Waals surface area contributed by atoms with Gasteiger partial charge in [-0.05, 0) is 29.3 Å². The predicted octanol–water partition coefficient (Wildman–Crippen LogP) is 4.04. The molecular formula is C27H31NO4. The number of ether oxygens (including phenoxy) is 3. The molecule has 1 N–H and O–H groups in total. The standard InChI is InChI=1S/C27H31NO4/c1-30-24-13-14-25(31-2)22(17-24)18-27(29,23-11-7-4-8-12-23)26-20-28(15-16-32-26)19-21-9-5-3-6-10-21/h3-14,17,26,29H,15-16,18-20H2,1-2H3/t26-,27?/m0/s1. The Morgan fingerprint density at radius 3 is 2.38 bits per heavy atom. The van der Waals surface area contributed by atoms with E-state index in [4.69, 9.17) is 14.2 Å². The Morgan fingerprint density at radius 1 is 0.969 bits per heavy atom. The number of nitrogens with zero attached hydrogens (tertiary/aromatic N) is 1. The van der Waals surface area contributed by atoms with Crippen LogP contribution in [0, 0.1) is 0 Å². The predicted molar refractivity (Wildman–Crippen MR) is 125 cm³/mol. The van der Waals surface area contributed by atoms with Gasteiger partial charge in [-0.3, -0.25) is 4.90 Å². The van der Waals surface area contributed by atoms with Crippen LogP contribution in [0.3, 0.4) is 0 Å². The van der Waals surface area contributed by atoms with Gasteiger partial charge in [0, 0.05) is 31.6 Å². The Morgan fingerprint density at radius 2 is 1.69 bits per heavy atom. The normalized spacial score (nSPS) is 18.7. The van der Waals surface area contributed by atoms with Crippen molar-refractivity contribution in [3.8, 4) is 11.5 Å². The van der Waals surface area contributed by atoms with Crippen molar-refractivity contribution in [3.63, 3.8) is 0 Å². The number of rotatable bonds is 8. The maximum absolute atomic E-state index is 12.2. The van der Waals surface area contributed by atoms with Gasteiger partial charge in [-0.1, -0.05) is 60.7 Å². The third kappa shape index (κ3) is 4.96. The van der Waals surface area contributed by atoms with E-state index in [9.17, 15) is 5.11 Å². The first-order valence-corrected chi connectivity index (χ1v) is 11.0. The van der Waals surface area contributed by atoms with Crippen LogP contribution < -0.4 is 9.47 Å². The van der Waals surface area contributed by atoms with E-state index in [1.54, 1.807) is 14.2 Å². The fourth-order valence-corrected chi connectivity index (χ4v) is 4.42. The second-order valence-corrected chi connectivity index (χ2v) is 8.22. The molecule has 0 aliphatic carbocycles. The first-order valence-electron chi connectivity index (χ1n) is 11.0. The van der Waals surface area contributed by atoms with Gasteiger partial charge in [0.05, 0.1) is 20.8 Å². The first-order chi connectivity index (χ1) is 15.6. The summed E-state index contributed by atoms with van der Waals surface area (Å²) in [6.45, 7) is 2.86. The highest BCUT2D eigenvalue weighted by Gasteiger charge is 2.42. The van der Waals surface area contributed by atoms with E-state index in [1.165, 1.54) is 5.56 Å². The van der Waals surface area contributed by atoms with Gasteiger partial charge < -0.3 is 19.3 Å². The number of morpholine rings is 1. The van der Waals surface area contributed by atoms with Gasteiger partial charge in [0.25, 0.3) is 0 Å². The minimum absolute atomic E-state index is 0.348. The number of benzene rings is 3. The zero-order valence-corrected chi connectivity index (χ0v) is 18.7. The van der Waals surface area contributed by atoms with Gasteiger partial charge in [-0.2, -0.15) is 0 Å². The number of hydrogen-bond donors (Lipinski definition) is 1. The van der Waals surface area contributed by atoms with E-state index in [1.807, 2.05) is 54.6 Å². The van der Waals surface area contributed by atoms with Crippen molar-refractivity contribution in [3.05, 3.63) is 95.6 Å². The molecule has 168 valence electrons. The second kappa shape index (κ2) is 10.2. The van der Waals surface area contributed by atoms with Crippen LogP contribution in [0.25, 0.3) is 0 Å². The van der Waals surface area contributed by atoms with Crippen LogP contribution in [-0.2, 0) is 23.3 Å². The molecule has 5 nitrogen and oxygen atoms in total. The Bertz CT molecular complexity index is 995. The van der Waals surface area contributed by atoms with E-state index in [0.29, 0.717) is 19.6 Å². The number of aliphatic hydroxyl groups is 1. The lowest BCUT2D eigenvalue weighted by molar-refractivity contribution is -0.150. The second-order valence-electron chi connectivity index (χ2n) is 8.22. The Labute approximate surface area is 190 Å². The summed E-state index contributed by atoms with van der Waals surface area (Å²) in [5.74, 6) is 1.45. The minimum atomic E-state index is -1.23. The molecule has 1 unspecified atom stereocenters. The molecule has 0 amide bonds. The molecule has 5 heteroatoms. The largest absolute Gasteiger partial charge is 0.497 e. The molecule has 0 saturated carbocycles. The lowest BCUT2D eigenvalue weighted by Crippen LogP contribution is -2.53. The molecule has 0 spiro atoms. The van der Waals surface area contributed by atoms with E-state index in [0.717, 1.165) is 35.7 Å². The highest BCUT2D eigenvalue weighted by atomic mass is 16.5. The van der Waals surface area contributed by atoms with Crippen LogP contribution in [0.4, 0.5) is 0 Å². The van der Waals surface area contributed by atoms with Gasteiger partial charge in [-0.25, -0.2) is 0 Å². The zero-order chi connectivity index (χ0) is 22.4. The highest BCUT2D eigenvalue weighted by Crippen LogP contribution is 2.37. The van der Waals surface area contributed by atoms with Crippen LogP contribution in [0.1, 0.15) is 16.7 Å². The van der Waals surface area contributed by atoms with E-state index in [2.05, 4.69) is 29.2 Å². The summed E-state index contributed by atoms with van der Waals surface area (Å²) >= 11 is 0. The lowest BCUT2D eigenvalue weighted by Gasteiger charge is -2.42. The Hall–Kier alpha value is -2.86. The van der Waals surface area contributed by atoms with Crippen molar-refractivity contribution in [2.24, 2.45) is 0 Å². The fraction of sp³-hybridized carbons (Fsp3) is 0.333. The van der Waals surface area contributed by atoms with Crippen LogP contribution >= 0.6 is 0 Å². The molecule has 1 heterocycles. The average molecular weight is 434 g/mol. The number of hydrogen-bond acceptors (Lipinski definition) is 5.